The number of aryl methyl sites for hydroxylation is 2. The molecule has 0 saturated carbocycles. The quantitative estimate of drug-likeness (QED) is 0.735. The van der Waals surface area contributed by atoms with Gasteiger partial charge >= 0.3 is 0 Å². The maximum atomic E-state index is 4.45. The van der Waals surface area contributed by atoms with Gasteiger partial charge in [0.2, 0.25) is 0 Å². The Morgan fingerprint density at radius 1 is 1.19 bits per heavy atom. The molecule has 0 fully saturated rings. The Bertz CT molecular complexity index is 469. The molecule has 0 saturated heterocycles. The zero-order chi connectivity index (χ0) is 12.3. The molecular formula is C13H21N3. The van der Waals surface area contributed by atoms with Crippen molar-refractivity contribution in [3.8, 4) is 0 Å². The van der Waals surface area contributed by atoms with Crippen LogP contribution in [0.5, 0.6) is 0 Å². The minimum Gasteiger partial charge on any atom is -0.376 e. The second-order valence-corrected chi connectivity index (χ2v) is 3.92. The summed E-state index contributed by atoms with van der Waals surface area (Å²) in [5.74, 6) is 0. The van der Waals surface area contributed by atoms with Gasteiger partial charge < -0.3 is 4.90 Å². The van der Waals surface area contributed by atoms with Crippen LogP contribution in [0, 0.1) is 6.92 Å². The largest absolute Gasteiger partial charge is 0.376 e. The van der Waals surface area contributed by atoms with Crippen molar-refractivity contribution in [1.82, 2.24) is 9.78 Å². The third-order valence-electron chi connectivity index (χ3n) is 2.33. The molecule has 0 N–H and O–H groups in total. The summed E-state index contributed by atoms with van der Waals surface area (Å²) in [5.41, 5.74) is 3.53. The van der Waals surface area contributed by atoms with Gasteiger partial charge in [-0.1, -0.05) is 13.8 Å². The topological polar surface area (TPSA) is 21.1 Å². The van der Waals surface area contributed by atoms with E-state index < -0.39 is 0 Å². The molecule has 0 bridgehead atoms. The predicted molar refractivity (Wildman–Crippen MR) is 71.1 cm³/mol. The highest BCUT2D eigenvalue weighted by Crippen LogP contribution is 2.25. The van der Waals surface area contributed by atoms with Crippen molar-refractivity contribution in [2.24, 2.45) is 7.05 Å². The second-order valence-electron chi connectivity index (χ2n) is 3.92. The normalized spacial score (nSPS) is 9.88. The lowest BCUT2D eigenvalue weighted by Gasteiger charge is -2.13. The molecule has 0 aliphatic carbocycles. The molecule has 0 spiro atoms. The molecule has 1 heterocycles. The van der Waals surface area contributed by atoms with Crippen LogP contribution in [0.2, 0.25) is 0 Å². The molecular weight excluding hydrogens is 198 g/mol. The monoisotopic (exact) mass is 219 g/mol. The average Bonchev–Trinajstić information content (AvgIpc) is 2.59. The Balaban J connectivity index is 0.000000606. The van der Waals surface area contributed by atoms with Crippen molar-refractivity contribution >= 4 is 16.6 Å². The lowest BCUT2D eigenvalue weighted by molar-refractivity contribution is 0.779. The molecule has 0 aliphatic rings. The molecule has 0 atom stereocenters. The molecule has 0 aliphatic heterocycles. The molecule has 88 valence electrons. The van der Waals surface area contributed by atoms with E-state index in [4.69, 9.17) is 0 Å². The Morgan fingerprint density at radius 3 is 2.38 bits per heavy atom. The first-order valence-electron chi connectivity index (χ1n) is 5.69. The molecule has 0 amide bonds. The summed E-state index contributed by atoms with van der Waals surface area (Å²) in [7, 11) is 6.04. The molecule has 0 radical (unpaired) electrons. The number of nitrogens with zero attached hydrogens (tertiary/aromatic N) is 3. The Morgan fingerprint density at radius 2 is 1.81 bits per heavy atom. The minimum absolute atomic E-state index is 1.07. The maximum Gasteiger partial charge on any atom is 0.116 e. The highest BCUT2D eigenvalue weighted by molar-refractivity contribution is 5.91. The number of hydrogen-bond donors (Lipinski definition) is 0. The van der Waals surface area contributed by atoms with Gasteiger partial charge in [0, 0.05) is 32.7 Å². The van der Waals surface area contributed by atoms with E-state index in [0.29, 0.717) is 0 Å². The van der Waals surface area contributed by atoms with E-state index in [1.807, 2.05) is 39.7 Å². The number of benzene rings is 1. The van der Waals surface area contributed by atoms with Crippen LogP contribution in [0.3, 0.4) is 0 Å². The SMILES string of the molecule is CC.Cc1cc(N(C)C)c2nn(C)cc2c1. The average molecular weight is 219 g/mol. The van der Waals surface area contributed by atoms with Crippen molar-refractivity contribution in [2.75, 3.05) is 19.0 Å². The fourth-order valence-corrected chi connectivity index (χ4v) is 1.72. The molecule has 2 aromatic rings. The first kappa shape index (κ1) is 12.6. The zero-order valence-corrected chi connectivity index (χ0v) is 11.1. The van der Waals surface area contributed by atoms with Crippen LogP contribution < -0.4 is 4.90 Å². The molecule has 1 aromatic heterocycles. The van der Waals surface area contributed by atoms with Gasteiger partial charge in [0.1, 0.15) is 5.52 Å². The van der Waals surface area contributed by atoms with E-state index in [1.165, 1.54) is 16.6 Å². The van der Waals surface area contributed by atoms with Crippen molar-refractivity contribution in [1.29, 1.82) is 0 Å². The first-order chi connectivity index (χ1) is 7.58. The summed E-state index contributed by atoms with van der Waals surface area (Å²) in [6, 6.07) is 4.32. The van der Waals surface area contributed by atoms with E-state index in [9.17, 15) is 0 Å². The summed E-state index contributed by atoms with van der Waals surface area (Å²) in [6.45, 7) is 6.11. The van der Waals surface area contributed by atoms with Crippen molar-refractivity contribution in [3.05, 3.63) is 23.9 Å². The van der Waals surface area contributed by atoms with Crippen molar-refractivity contribution < 1.29 is 0 Å². The standard InChI is InChI=1S/C11H15N3.C2H6/c1-8-5-9-7-14(4)12-11(9)10(6-8)13(2)3;1-2/h5-7H,1-4H3;1-2H3. The minimum atomic E-state index is 1.07. The van der Waals surface area contributed by atoms with Gasteiger partial charge in [-0.3, -0.25) is 4.68 Å². The van der Waals surface area contributed by atoms with Gasteiger partial charge in [0.25, 0.3) is 0 Å². The lowest BCUT2D eigenvalue weighted by Crippen LogP contribution is -2.09. The number of aromatic nitrogens is 2. The summed E-state index contributed by atoms with van der Waals surface area (Å²) in [4.78, 5) is 2.10. The molecule has 0 unspecified atom stereocenters. The van der Waals surface area contributed by atoms with Crippen LogP contribution in [0.25, 0.3) is 10.9 Å². The fourth-order valence-electron chi connectivity index (χ4n) is 1.72. The van der Waals surface area contributed by atoms with Crippen molar-refractivity contribution in [2.45, 2.75) is 20.8 Å². The summed E-state index contributed by atoms with van der Waals surface area (Å²) >= 11 is 0. The molecule has 3 heteroatoms. The number of fused-ring (bicyclic) bond motifs is 1. The second kappa shape index (κ2) is 5.01. The number of anilines is 1. The van der Waals surface area contributed by atoms with Crippen LogP contribution in [-0.2, 0) is 7.05 Å². The van der Waals surface area contributed by atoms with E-state index in [1.54, 1.807) is 0 Å². The Kier molecular flexibility index (Phi) is 3.93. The van der Waals surface area contributed by atoms with E-state index in [0.717, 1.165) is 5.52 Å². The van der Waals surface area contributed by atoms with E-state index in [2.05, 4.69) is 35.3 Å². The van der Waals surface area contributed by atoms with Crippen LogP contribution in [0.15, 0.2) is 18.3 Å². The van der Waals surface area contributed by atoms with Crippen LogP contribution in [0.1, 0.15) is 19.4 Å². The van der Waals surface area contributed by atoms with E-state index in [-0.39, 0.29) is 0 Å². The smallest absolute Gasteiger partial charge is 0.116 e. The third kappa shape index (κ3) is 2.35. The summed E-state index contributed by atoms with van der Waals surface area (Å²) < 4.78 is 1.86. The Hall–Kier alpha value is -1.51. The van der Waals surface area contributed by atoms with Crippen molar-refractivity contribution in [3.63, 3.8) is 0 Å². The maximum absolute atomic E-state index is 4.45. The molecule has 1 aromatic carbocycles. The van der Waals surface area contributed by atoms with Crippen LogP contribution >= 0.6 is 0 Å². The van der Waals surface area contributed by atoms with Gasteiger partial charge in [-0.15, -0.1) is 0 Å². The van der Waals surface area contributed by atoms with Gasteiger partial charge in [0.15, 0.2) is 0 Å². The Labute approximate surface area is 97.7 Å². The van der Waals surface area contributed by atoms with Crippen LogP contribution in [0.4, 0.5) is 5.69 Å². The highest BCUT2D eigenvalue weighted by atomic mass is 15.3. The molecule has 2 rings (SSSR count). The lowest BCUT2D eigenvalue weighted by atomic mass is 10.1. The molecule has 16 heavy (non-hydrogen) atoms. The summed E-state index contributed by atoms with van der Waals surface area (Å²) in [5, 5.41) is 5.66. The predicted octanol–water partition coefficient (Wildman–Crippen LogP) is 2.97. The summed E-state index contributed by atoms with van der Waals surface area (Å²) in [6.07, 6.45) is 2.05. The van der Waals surface area contributed by atoms with Crippen LogP contribution in [-0.4, -0.2) is 23.9 Å². The van der Waals surface area contributed by atoms with Gasteiger partial charge in [-0.25, -0.2) is 0 Å². The highest BCUT2D eigenvalue weighted by Gasteiger charge is 2.07. The van der Waals surface area contributed by atoms with Gasteiger partial charge in [0.05, 0.1) is 5.69 Å². The van der Waals surface area contributed by atoms with Gasteiger partial charge in [-0.2, -0.15) is 5.10 Å². The van der Waals surface area contributed by atoms with Gasteiger partial charge in [-0.05, 0) is 24.6 Å². The number of hydrogen-bond acceptors (Lipinski definition) is 2. The number of rotatable bonds is 1. The fraction of sp³-hybridized carbons (Fsp3) is 0.462. The van der Waals surface area contributed by atoms with E-state index >= 15 is 0 Å². The first-order valence-corrected chi connectivity index (χ1v) is 5.69. The zero-order valence-electron chi connectivity index (χ0n) is 11.1. The molecule has 3 nitrogen and oxygen atoms in total. The third-order valence-corrected chi connectivity index (χ3v) is 2.33.